The summed E-state index contributed by atoms with van der Waals surface area (Å²) in [6.07, 6.45) is 0. The van der Waals surface area contributed by atoms with Crippen molar-refractivity contribution in [1.82, 2.24) is 0 Å². The van der Waals surface area contributed by atoms with Crippen LogP contribution in [0.1, 0.15) is 21.5 Å². The van der Waals surface area contributed by atoms with Crippen molar-refractivity contribution in [3.63, 3.8) is 0 Å². The molecule has 0 bridgehead atoms. The summed E-state index contributed by atoms with van der Waals surface area (Å²) in [7, 11) is -3.94. The van der Waals surface area contributed by atoms with E-state index in [1.807, 2.05) is 0 Å². The largest absolute Gasteiger partial charge is 0.457 e. The summed E-state index contributed by atoms with van der Waals surface area (Å²) >= 11 is 0. The quantitative estimate of drug-likeness (QED) is 0.882. The zero-order valence-corrected chi connectivity index (χ0v) is 12.4. The van der Waals surface area contributed by atoms with Crippen LogP contribution in [0.4, 0.5) is 10.1 Å². The summed E-state index contributed by atoms with van der Waals surface area (Å²) in [5.41, 5.74) is 1.68. The number of halogens is 1. The van der Waals surface area contributed by atoms with Gasteiger partial charge in [-0.3, -0.25) is 4.72 Å². The van der Waals surface area contributed by atoms with Crippen LogP contribution in [-0.2, 0) is 21.4 Å². The number of anilines is 1. The molecule has 0 radical (unpaired) electrons. The molecule has 2 aromatic carbocycles. The molecule has 0 atom stereocenters. The zero-order chi connectivity index (χ0) is 15.9. The maximum Gasteiger partial charge on any atom is 0.338 e. The summed E-state index contributed by atoms with van der Waals surface area (Å²) in [5.74, 6) is -1.12. The predicted molar refractivity (Wildman–Crippen MR) is 77.5 cm³/mol. The third-order valence-corrected chi connectivity index (χ3v) is 4.90. The molecule has 0 fully saturated rings. The van der Waals surface area contributed by atoms with E-state index >= 15 is 0 Å². The number of benzene rings is 2. The number of carbonyl (C=O) groups excluding carboxylic acids is 1. The van der Waals surface area contributed by atoms with Crippen LogP contribution in [0.3, 0.4) is 0 Å². The van der Waals surface area contributed by atoms with E-state index in [-0.39, 0.29) is 17.2 Å². The van der Waals surface area contributed by atoms with Gasteiger partial charge in [-0.2, -0.15) is 0 Å². The van der Waals surface area contributed by atoms with Gasteiger partial charge in [0, 0.05) is 11.3 Å². The van der Waals surface area contributed by atoms with Crippen LogP contribution in [-0.4, -0.2) is 14.4 Å². The second kappa shape index (κ2) is 5.10. The first kappa shape index (κ1) is 14.5. The minimum absolute atomic E-state index is 0.143. The normalized spacial score (nSPS) is 13.6. The molecular formula is C15H12FNO4S. The van der Waals surface area contributed by atoms with Gasteiger partial charge >= 0.3 is 5.97 Å². The predicted octanol–water partition coefficient (Wildman–Crippen LogP) is 2.61. The minimum Gasteiger partial charge on any atom is -0.457 e. The fraction of sp³-hybridized carbons (Fsp3) is 0.133. The minimum atomic E-state index is -3.94. The molecule has 0 amide bonds. The van der Waals surface area contributed by atoms with Crippen LogP contribution >= 0.6 is 0 Å². The number of fused-ring (bicyclic) bond motifs is 1. The second-order valence-corrected chi connectivity index (χ2v) is 6.61. The van der Waals surface area contributed by atoms with Crippen LogP contribution in [0.25, 0.3) is 0 Å². The molecule has 7 heteroatoms. The molecule has 22 heavy (non-hydrogen) atoms. The summed E-state index contributed by atoms with van der Waals surface area (Å²) in [5, 5.41) is 0. The molecule has 114 valence electrons. The van der Waals surface area contributed by atoms with Gasteiger partial charge in [-0.05, 0) is 36.8 Å². The topological polar surface area (TPSA) is 72.5 Å². The first-order chi connectivity index (χ1) is 10.4. The third-order valence-electron chi connectivity index (χ3n) is 3.38. The number of sulfonamides is 1. The average molecular weight is 321 g/mol. The van der Waals surface area contributed by atoms with Gasteiger partial charge in [0.1, 0.15) is 12.4 Å². The van der Waals surface area contributed by atoms with E-state index in [1.165, 1.54) is 24.3 Å². The highest BCUT2D eigenvalue weighted by atomic mass is 32.2. The molecule has 5 nitrogen and oxygen atoms in total. The summed E-state index contributed by atoms with van der Waals surface area (Å²) < 4.78 is 45.2. The molecule has 1 aliphatic heterocycles. The maximum atomic E-state index is 13.3. The van der Waals surface area contributed by atoms with Gasteiger partial charge in [0.15, 0.2) is 0 Å². The average Bonchev–Trinajstić information content (AvgIpc) is 2.82. The lowest BCUT2D eigenvalue weighted by Crippen LogP contribution is -2.15. The highest BCUT2D eigenvalue weighted by Gasteiger charge is 2.23. The Balaban J connectivity index is 1.97. The molecule has 1 aliphatic rings. The van der Waals surface area contributed by atoms with E-state index in [1.54, 1.807) is 13.0 Å². The molecule has 3 rings (SSSR count). The molecule has 1 N–H and O–H groups in total. The number of ether oxygens (including phenoxy) is 1. The molecule has 0 saturated heterocycles. The lowest BCUT2D eigenvalue weighted by atomic mass is 10.1. The van der Waals surface area contributed by atoms with Gasteiger partial charge in [0.05, 0.1) is 10.5 Å². The molecule has 1 heterocycles. The Morgan fingerprint density at radius 3 is 2.73 bits per heavy atom. The highest BCUT2D eigenvalue weighted by Crippen LogP contribution is 2.26. The Hall–Kier alpha value is -2.41. The number of rotatable bonds is 3. The molecule has 0 aromatic heterocycles. The highest BCUT2D eigenvalue weighted by molar-refractivity contribution is 7.92. The third kappa shape index (κ3) is 2.55. The monoisotopic (exact) mass is 321 g/mol. The summed E-state index contributed by atoms with van der Waals surface area (Å²) in [6, 6.07) is 8.11. The number of cyclic esters (lactones) is 1. The standard InChI is InChI=1S/C15H12FNO4S/c1-9-2-4-11(16)6-14(9)22(19,20)17-12-5-3-10-8-21-15(18)13(10)7-12/h2-7,17H,8H2,1H3. The molecule has 0 aliphatic carbocycles. The zero-order valence-electron chi connectivity index (χ0n) is 11.6. The van der Waals surface area contributed by atoms with Gasteiger partial charge in [0.2, 0.25) is 0 Å². The second-order valence-electron chi connectivity index (χ2n) is 4.96. The van der Waals surface area contributed by atoms with E-state index < -0.39 is 21.8 Å². The van der Waals surface area contributed by atoms with Crippen LogP contribution in [0.15, 0.2) is 41.3 Å². The molecule has 2 aromatic rings. The van der Waals surface area contributed by atoms with Gasteiger partial charge in [-0.25, -0.2) is 17.6 Å². The van der Waals surface area contributed by atoms with Crippen LogP contribution in [0.5, 0.6) is 0 Å². The number of hydrogen-bond donors (Lipinski definition) is 1. The van der Waals surface area contributed by atoms with Crippen LogP contribution < -0.4 is 4.72 Å². The SMILES string of the molecule is Cc1ccc(F)cc1S(=O)(=O)Nc1ccc2c(c1)C(=O)OC2. The number of aryl methyl sites for hydroxylation is 1. The Morgan fingerprint density at radius 1 is 1.18 bits per heavy atom. The number of hydrogen-bond acceptors (Lipinski definition) is 4. The van der Waals surface area contributed by atoms with Crippen molar-refractivity contribution in [3.05, 3.63) is 58.9 Å². The Bertz CT molecular complexity index is 877. The number of carbonyl (C=O) groups is 1. The van der Waals surface area contributed by atoms with Crippen molar-refractivity contribution in [2.24, 2.45) is 0 Å². The molecule has 0 saturated carbocycles. The fourth-order valence-electron chi connectivity index (χ4n) is 2.25. The number of esters is 1. The fourth-order valence-corrected chi connectivity index (χ4v) is 3.56. The Labute approximate surface area is 126 Å². The van der Waals surface area contributed by atoms with Crippen molar-refractivity contribution in [2.45, 2.75) is 18.4 Å². The molecule has 0 unspecified atom stereocenters. The van der Waals surface area contributed by atoms with Crippen molar-refractivity contribution >= 4 is 21.7 Å². The molecule has 0 spiro atoms. The van der Waals surface area contributed by atoms with Gasteiger partial charge < -0.3 is 4.74 Å². The Morgan fingerprint density at radius 2 is 1.95 bits per heavy atom. The van der Waals surface area contributed by atoms with E-state index in [0.29, 0.717) is 16.7 Å². The van der Waals surface area contributed by atoms with E-state index in [4.69, 9.17) is 4.74 Å². The van der Waals surface area contributed by atoms with E-state index in [2.05, 4.69) is 4.72 Å². The van der Waals surface area contributed by atoms with Gasteiger partial charge in [-0.15, -0.1) is 0 Å². The molecular weight excluding hydrogens is 309 g/mol. The van der Waals surface area contributed by atoms with Crippen LogP contribution in [0, 0.1) is 12.7 Å². The lowest BCUT2D eigenvalue weighted by Gasteiger charge is -2.11. The van der Waals surface area contributed by atoms with E-state index in [9.17, 15) is 17.6 Å². The first-order valence-corrected chi connectivity index (χ1v) is 7.94. The number of nitrogens with one attached hydrogen (secondary N) is 1. The smallest absolute Gasteiger partial charge is 0.338 e. The van der Waals surface area contributed by atoms with Gasteiger partial charge in [0.25, 0.3) is 10.0 Å². The first-order valence-electron chi connectivity index (χ1n) is 6.46. The maximum absolute atomic E-state index is 13.3. The van der Waals surface area contributed by atoms with Crippen molar-refractivity contribution in [1.29, 1.82) is 0 Å². The van der Waals surface area contributed by atoms with Crippen molar-refractivity contribution in [2.75, 3.05) is 4.72 Å². The lowest BCUT2D eigenvalue weighted by molar-refractivity contribution is 0.0535. The summed E-state index contributed by atoms with van der Waals surface area (Å²) in [6.45, 7) is 1.76. The Kier molecular flexibility index (Phi) is 3.37. The van der Waals surface area contributed by atoms with Crippen LogP contribution in [0.2, 0.25) is 0 Å². The van der Waals surface area contributed by atoms with Crippen molar-refractivity contribution in [3.8, 4) is 0 Å². The van der Waals surface area contributed by atoms with Crippen molar-refractivity contribution < 1.29 is 22.3 Å². The van der Waals surface area contributed by atoms with E-state index in [0.717, 1.165) is 6.07 Å². The van der Waals surface area contributed by atoms with Gasteiger partial charge in [-0.1, -0.05) is 12.1 Å². The summed E-state index contributed by atoms with van der Waals surface area (Å²) in [4.78, 5) is 11.4.